The van der Waals surface area contributed by atoms with Crippen LogP contribution in [0.2, 0.25) is 0 Å². The molecule has 1 aromatic carbocycles. The van der Waals surface area contributed by atoms with E-state index in [0.717, 1.165) is 17.8 Å². The maximum atomic E-state index is 13.5. The van der Waals surface area contributed by atoms with Gasteiger partial charge in [0.2, 0.25) is 0 Å². The van der Waals surface area contributed by atoms with Crippen LogP contribution >= 0.6 is 0 Å². The molecule has 2 aliphatic rings. The summed E-state index contributed by atoms with van der Waals surface area (Å²) in [6.07, 6.45) is -1.39. The Kier molecular flexibility index (Phi) is 7.98. The number of benzene rings is 1. The summed E-state index contributed by atoms with van der Waals surface area (Å²) in [5.74, 6) is -0.659. The van der Waals surface area contributed by atoms with Crippen LogP contribution in [0.5, 0.6) is 0 Å². The second-order valence-electron chi connectivity index (χ2n) is 11.6. The highest BCUT2D eigenvalue weighted by Gasteiger charge is 2.47. The Balaban J connectivity index is 1.68. The number of hydrogen-bond donors (Lipinski definition) is 1. The van der Waals surface area contributed by atoms with Crippen molar-refractivity contribution in [2.75, 3.05) is 50.1 Å². The van der Waals surface area contributed by atoms with Crippen molar-refractivity contribution < 1.29 is 28.8 Å². The van der Waals surface area contributed by atoms with Gasteiger partial charge in [-0.25, -0.2) is 9.59 Å². The Bertz CT molecular complexity index is 1370. The van der Waals surface area contributed by atoms with Crippen molar-refractivity contribution in [3.63, 3.8) is 0 Å². The summed E-state index contributed by atoms with van der Waals surface area (Å²) in [6, 6.07) is 4.31. The number of likely N-dealkylation sites (N-methyl/N-ethyl adjacent to an activating group) is 1. The molecule has 0 aliphatic carbocycles. The Labute approximate surface area is 238 Å². The van der Waals surface area contributed by atoms with Crippen LogP contribution in [0.4, 0.5) is 26.8 Å². The van der Waals surface area contributed by atoms with Crippen LogP contribution in [0.1, 0.15) is 63.2 Å². The fourth-order valence-corrected chi connectivity index (χ4v) is 4.94. The zero-order valence-corrected chi connectivity index (χ0v) is 24.5. The van der Waals surface area contributed by atoms with Crippen LogP contribution in [0.15, 0.2) is 18.2 Å². The van der Waals surface area contributed by atoms with Crippen molar-refractivity contribution in [2.45, 2.75) is 59.2 Å². The number of aromatic nitrogens is 2. The van der Waals surface area contributed by atoms with E-state index in [1.807, 2.05) is 11.9 Å². The van der Waals surface area contributed by atoms with Crippen molar-refractivity contribution in [2.24, 2.45) is 0 Å². The van der Waals surface area contributed by atoms with Gasteiger partial charge in [0.1, 0.15) is 17.1 Å². The number of hydrogen-bond acceptors (Lipinski definition) is 10. The topological polar surface area (TPSA) is 152 Å². The van der Waals surface area contributed by atoms with E-state index in [2.05, 4.69) is 15.3 Å². The maximum Gasteiger partial charge on any atom is 0.436 e. The summed E-state index contributed by atoms with van der Waals surface area (Å²) in [5.41, 5.74) is -0.608. The van der Waals surface area contributed by atoms with E-state index >= 15 is 0 Å². The Hall–Kier alpha value is -4.20. The highest BCUT2D eigenvalue weighted by atomic mass is 16.6. The summed E-state index contributed by atoms with van der Waals surface area (Å²) in [4.78, 5) is 56.3. The molecule has 1 saturated heterocycles. The smallest absolute Gasteiger partial charge is 0.436 e. The number of anilines is 2. The number of piperazine rings is 1. The third-order valence-corrected chi connectivity index (χ3v) is 7.12. The molecule has 3 heterocycles. The lowest BCUT2D eigenvalue weighted by atomic mass is 10.0. The number of fused-ring (bicyclic) bond motifs is 1. The zero-order valence-electron chi connectivity index (χ0n) is 24.5. The molecule has 4 rings (SSSR count). The summed E-state index contributed by atoms with van der Waals surface area (Å²) < 4.78 is 11.7. The second kappa shape index (κ2) is 11.0. The number of nitro groups is 1. The number of carbonyl (C=O) groups is 3. The van der Waals surface area contributed by atoms with Crippen molar-refractivity contribution in [1.29, 1.82) is 0 Å². The Morgan fingerprint density at radius 2 is 1.78 bits per heavy atom. The quantitative estimate of drug-likeness (QED) is 0.414. The Morgan fingerprint density at radius 1 is 1.12 bits per heavy atom. The first kappa shape index (κ1) is 29.8. The van der Waals surface area contributed by atoms with Gasteiger partial charge in [-0.15, -0.1) is 4.68 Å². The van der Waals surface area contributed by atoms with Crippen molar-refractivity contribution >= 4 is 35.3 Å². The molecule has 14 heteroatoms. The van der Waals surface area contributed by atoms with Gasteiger partial charge in [-0.1, -0.05) is 0 Å². The van der Waals surface area contributed by atoms with Gasteiger partial charge in [0, 0.05) is 43.4 Å². The van der Waals surface area contributed by atoms with E-state index in [-0.39, 0.29) is 30.2 Å². The molecule has 0 bridgehead atoms. The highest BCUT2D eigenvalue weighted by Crippen LogP contribution is 2.42. The number of rotatable bonds is 5. The molecule has 41 heavy (non-hydrogen) atoms. The number of nitrogens with one attached hydrogen (secondary N) is 1. The van der Waals surface area contributed by atoms with Crippen LogP contribution in [-0.2, 0) is 21.6 Å². The molecule has 0 saturated carbocycles. The molecule has 0 spiro atoms. The van der Waals surface area contributed by atoms with Crippen LogP contribution in [0.25, 0.3) is 0 Å². The van der Waals surface area contributed by atoms with Crippen molar-refractivity contribution in [3.05, 3.63) is 45.1 Å². The van der Waals surface area contributed by atoms with E-state index < -0.39 is 34.2 Å². The van der Waals surface area contributed by atoms with Crippen molar-refractivity contribution in [1.82, 2.24) is 19.6 Å². The third-order valence-electron chi connectivity index (χ3n) is 7.12. The number of amides is 2. The summed E-state index contributed by atoms with van der Waals surface area (Å²) >= 11 is 0. The standard InChI is InChI=1S/C27H37N7O7/c1-8-40-25(37)33-22(18-16-32(24(36)41-26(2,3)4)27(5,6)21(18)29-33)28-23(35)17-9-10-19(20(15-17)34(38)39)31-13-11-30(7)12-14-31/h9-10,15H,8,11-14,16H2,1-7H3,(H,28,35). The lowest BCUT2D eigenvalue weighted by Gasteiger charge is -2.33. The van der Waals surface area contributed by atoms with Gasteiger partial charge in [-0.05, 0) is 60.7 Å². The van der Waals surface area contributed by atoms with Gasteiger partial charge in [-0.3, -0.25) is 19.8 Å². The lowest BCUT2D eigenvalue weighted by molar-refractivity contribution is -0.384. The molecule has 2 aromatic rings. The first-order valence-electron chi connectivity index (χ1n) is 13.5. The molecular formula is C27H37N7O7. The molecule has 222 valence electrons. The largest absolute Gasteiger partial charge is 0.448 e. The van der Waals surface area contributed by atoms with Gasteiger partial charge in [-0.2, -0.15) is 5.10 Å². The van der Waals surface area contributed by atoms with Gasteiger partial charge in [0.05, 0.1) is 29.3 Å². The Morgan fingerprint density at radius 3 is 2.37 bits per heavy atom. The molecule has 1 aromatic heterocycles. The molecule has 0 atom stereocenters. The average molecular weight is 572 g/mol. The molecule has 0 unspecified atom stereocenters. The minimum absolute atomic E-state index is 0.00869. The second-order valence-corrected chi connectivity index (χ2v) is 11.6. The minimum Gasteiger partial charge on any atom is -0.448 e. The van der Waals surface area contributed by atoms with E-state index in [4.69, 9.17) is 9.47 Å². The first-order chi connectivity index (χ1) is 19.1. The third kappa shape index (κ3) is 5.97. The zero-order chi connectivity index (χ0) is 30.3. The molecular weight excluding hydrogens is 534 g/mol. The number of nitrogens with zero attached hydrogens (tertiary/aromatic N) is 6. The van der Waals surface area contributed by atoms with E-state index in [1.165, 1.54) is 17.0 Å². The molecule has 0 radical (unpaired) electrons. The number of carbonyl (C=O) groups excluding carboxylic acids is 3. The van der Waals surface area contributed by atoms with Crippen LogP contribution in [0.3, 0.4) is 0 Å². The maximum absolute atomic E-state index is 13.5. The minimum atomic E-state index is -0.974. The van der Waals surface area contributed by atoms with Gasteiger partial charge < -0.3 is 24.6 Å². The molecule has 2 aliphatic heterocycles. The van der Waals surface area contributed by atoms with E-state index in [0.29, 0.717) is 30.0 Å². The normalized spacial score (nSPS) is 16.8. The highest BCUT2D eigenvalue weighted by molar-refractivity contribution is 6.06. The monoisotopic (exact) mass is 571 g/mol. The fourth-order valence-electron chi connectivity index (χ4n) is 4.94. The molecule has 1 fully saturated rings. The number of nitro benzene ring substituents is 1. The molecule has 1 N–H and O–H groups in total. The van der Waals surface area contributed by atoms with Gasteiger partial charge >= 0.3 is 12.2 Å². The fraction of sp³-hybridized carbons (Fsp3) is 0.556. The summed E-state index contributed by atoms with van der Waals surface area (Å²) in [6.45, 7) is 13.3. The van der Waals surface area contributed by atoms with Gasteiger partial charge in [0.25, 0.3) is 11.6 Å². The molecule has 2 amide bonds. The van der Waals surface area contributed by atoms with Crippen LogP contribution < -0.4 is 10.2 Å². The predicted molar refractivity (Wildman–Crippen MR) is 150 cm³/mol. The van der Waals surface area contributed by atoms with Crippen LogP contribution in [-0.4, -0.2) is 88.0 Å². The first-order valence-corrected chi connectivity index (χ1v) is 13.5. The van der Waals surface area contributed by atoms with Gasteiger partial charge in [0.15, 0.2) is 0 Å². The van der Waals surface area contributed by atoms with Crippen LogP contribution in [0, 0.1) is 10.1 Å². The lowest BCUT2D eigenvalue weighted by Crippen LogP contribution is -2.44. The number of ether oxygens (including phenoxy) is 2. The SMILES string of the molecule is CCOC(=O)n1nc2c(c1NC(=O)c1ccc(N3CCN(C)CC3)c([N+](=O)[O-])c1)CN(C(=O)OC(C)(C)C)C2(C)C. The predicted octanol–water partition coefficient (Wildman–Crippen LogP) is 3.79. The summed E-state index contributed by atoms with van der Waals surface area (Å²) in [7, 11) is 1.99. The van der Waals surface area contributed by atoms with E-state index in [1.54, 1.807) is 47.6 Å². The molecule has 14 nitrogen and oxygen atoms in total. The van der Waals surface area contributed by atoms with E-state index in [9.17, 15) is 24.5 Å². The van der Waals surface area contributed by atoms with Crippen molar-refractivity contribution in [3.8, 4) is 0 Å². The summed E-state index contributed by atoms with van der Waals surface area (Å²) in [5, 5.41) is 19.1. The average Bonchev–Trinajstić information content (AvgIpc) is 3.37.